The molecule has 7 heteroatoms. The molecule has 3 aromatic carbocycles. The minimum absolute atomic E-state index is 0.0680. The van der Waals surface area contributed by atoms with E-state index in [1.165, 1.54) is 6.07 Å². The maximum Gasteiger partial charge on any atom is 0.191 e. The zero-order valence-corrected chi connectivity index (χ0v) is 16.8. The fourth-order valence-electron chi connectivity index (χ4n) is 4.07. The molecule has 1 heterocycles. The van der Waals surface area contributed by atoms with E-state index in [2.05, 4.69) is 10.6 Å². The number of anilines is 3. The van der Waals surface area contributed by atoms with E-state index in [4.69, 9.17) is 5.73 Å². The second kappa shape index (κ2) is 7.58. The Bertz CT molecular complexity index is 1360. The summed E-state index contributed by atoms with van der Waals surface area (Å²) < 4.78 is 31.9. The van der Waals surface area contributed by atoms with Crippen LogP contribution in [0.25, 0.3) is 21.7 Å². The van der Waals surface area contributed by atoms with Crippen LogP contribution < -0.4 is 21.8 Å². The van der Waals surface area contributed by atoms with Gasteiger partial charge in [0.05, 0.1) is 16.6 Å². The Morgan fingerprint density at radius 2 is 1.71 bits per heavy atom. The molecule has 0 saturated heterocycles. The molecule has 31 heavy (non-hydrogen) atoms. The molecule has 1 aromatic heterocycles. The minimum atomic E-state index is -0.930. The second-order valence-corrected chi connectivity index (χ2v) is 7.84. The average Bonchev–Trinajstić information content (AvgIpc) is 3.62. The number of aromatic nitrogens is 1. The third-order valence-electron chi connectivity index (χ3n) is 5.75. The van der Waals surface area contributed by atoms with Gasteiger partial charge in [-0.1, -0.05) is 36.4 Å². The number of pyridine rings is 1. The Morgan fingerprint density at radius 3 is 2.52 bits per heavy atom. The van der Waals surface area contributed by atoms with Gasteiger partial charge in [0, 0.05) is 42.5 Å². The van der Waals surface area contributed by atoms with Crippen molar-refractivity contribution in [3.8, 4) is 0 Å². The maximum atomic E-state index is 15.4. The summed E-state index contributed by atoms with van der Waals surface area (Å²) in [5.41, 5.74) is 5.84. The summed E-state index contributed by atoms with van der Waals surface area (Å²) in [6.07, 6.45) is 3.35. The normalized spacial score (nSPS) is 13.6. The first kappa shape index (κ1) is 19.4. The van der Waals surface area contributed by atoms with Gasteiger partial charge in [-0.25, -0.2) is 8.78 Å². The molecule has 1 fully saturated rings. The predicted molar refractivity (Wildman–Crippen MR) is 122 cm³/mol. The van der Waals surface area contributed by atoms with Crippen molar-refractivity contribution in [2.24, 2.45) is 0 Å². The monoisotopic (exact) mass is 420 g/mol. The number of rotatable bonds is 6. The fourth-order valence-corrected chi connectivity index (χ4v) is 4.07. The Kier molecular flexibility index (Phi) is 4.73. The molecule has 0 spiro atoms. The van der Waals surface area contributed by atoms with Crippen molar-refractivity contribution in [1.29, 1.82) is 0 Å². The fraction of sp³-hybridized carbons (Fsp3) is 0.208. The summed E-state index contributed by atoms with van der Waals surface area (Å²) in [5, 5.41) is 8.22. The number of hydrogen-bond acceptors (Lipinski definition) is 4. The van der Waals surface area contributed by atoms with Crippen LogP contribution in [0, 0.1) is 11.6 Å². The molecule has 5 rings (SSSR count). The number of fused-ring (bicyclic) bond motifs is 2. The van der Waals surface area contributed by atoms with Gasteiger partial charge in [0.2, 0.25) is 0 Å². The molecule has 0 radical (unpaired) electrons. The van der Waals surface area contributed by atoms with Crippen LogP contribution >= 0.6 is 0 Å². The van der Waals surface area contributed by atoms with Gasteiger partial charge in [-0.15, -0.1) is 0 Å². The first-order chi connectivity index (χ1) is 15.1. The van der Waals surface area contributed by atoms with E-state index in [1.54, 1.807) is 10.8 Å². The molecule has 0 aliphatic heterocycles. The molecule has 1 saturated carbocycles. The SMILES string of the molecule is Nc1c(F)c(NCCNc2cccc3ccccc23)c(F)c2c1c(=O)ccn2C1CC1. The Morgan fingerprint density at radius 1 is 0.968 bits per heavy atom. The molecule has 0 bridgehead atoms. The molecule has 0 amide bonds. The minimum Gasteiger partial charge on any atom is -0.396 e. The van der Waals surface area contributed by atoms with Crippen LogP contribution in [0.4, 0.5) is 25.8 Å². The number of benzene rings is 3. The summed E-state index contributed by atoms with van der Waals surface area (Å²) in [6, 6.07) is 15.4. The van der Waals surface area contributed by atoms with E-state index < -0.39 is 17.1 Å². The summed E-state index contributed by atoms with van der Waals surface area (Å²) in [4.78, 5) is 12.3. The lowest BCUT2D eigenvalue weighted by Crippen LogP contribution is -2.18. The van der Waals surface area contributed by atoms with Crippen molar-refractivity contribution >= 4 is 38.7 Å². The Labute approximate surface area is 177 Å². The van der Waals surface area contributed by atoms with E-state index in [-0.39, 0.29) is 34.9 Å². The van der Waals surface area contributed by atoms with Crippen LogP contribution in [0.2, 0.25) is 0 Å². The van der Waals surface area contributed by atoms with E-state index in [0.717, 1.165) is 29.3 Å². The number of hydrogen-bond donors (Lipinski definition) is 3. The molecule has 158 valence electrons. The second-order valence-electron chi connectivity index (χ2n) is 7.84. The van der Waals surface area contributed by atoms with Crippen LogP contribution in [0.1, 0.15) is 18.9 Å². The van der Waals surface area contributed by atoms with Crippen molar-refractivity contribution in [2.45, 2.75) is 18.9 Å². The highest BCUT2D eigenvalue weighted by Crippen LogP contribution is 2.40. The van der Waals surface area contributed by atoms with Gasteiger partial charge < -0.3 is 20.9 Å². The van der Waals surface area contributed by atoms with Crippen LogP contribution in [0.3, 0.4) is 0 Å². The zero-order valence-electron chi connectivity index (χ0n) is 16.8. The van der Waals surface area contributed by atoms with Gasteiger partial charge in [0.25, 0.3) is 0 Å². The van der Waals surface area contributed by atoms with E-state index >= 15 is 4.39 Å². The topological polar surface area (TPSA) is 72.1 Å². The molecular formula is C24H22F2N4O. The molecule has 4 N–H and O–H groups in total. The van der Waals surface area contributed by atoms with E-state index in [0.29, 0.717) is 6.54 Å². The summed E-state index contributed by atoms with van der Waals surface area (Å²) >= 11 is 0. The zero-order chi connectivity index (χ0) is 21.5. The third-order valence-corrected chi connectivity index (χ3v) is 5.75. The molecule has 1 aliphatic rings. The standard InChI is InChI=1S/C24H22F2N4O/c25-20-22(27)19-18(31)10-13-30(15-8-9-15)24(19)21(26)23(20)29-12-11-28-17-7-3-5-14-4-1-2-6-16(14)17/h1-7,10,13,15,28-29H,8-9,11-12,27H2. The molecule has 4 aromatic rings. The highest BCUT2D eigenvalue weighted by molar-refractivity contribution is 5.95. The number of nitrogen functional groups attached to an aromatic ring is 1. The van der Waals surface area contributed by atoms with Crippen LogP contribution in [-0.2, 0) is 0 Å². The highest BCUT2D eigenvalue weighted by Gasteiger charge is 2.29. The number of halogens is 2. The molecule has 0 unspecified atom stereocenters. The lowest BCUT2D eigenvalue weighted by Gasteiger charge is -2.17. The number of nitrogens with one attached hydrogen (secondary N) is 2. The van der Waals surface area contributed by atoms with Crippen LogP contribution in [0.5, 0.6) is 0 Å². The summed E-state index contributed by atoms with van der Waals surface area (Å²) in [7, 11) is 0. The number of nitrogens with zero attached hydrogens (tertiary/aromatic N) is 1. The molecular weight excluding hydrogens is 398 g/mol. The lowest BCUT2D eigenvalue weighted by molar-refractivity contribution is 0.591. The van der Waals surface area contributed by atoms with Gasteiger partial charge in [-0.3, -0.25) is 4.79 Å². The van der Waals surface area contributed by atoms with Gasteiger partial charge in [0.1, 0.15) is 5.69 Å². The van der Waals surface area contributed by atoms with Crippen molar-refractivity contribution in [2.75, 3.05) is 29.5 Å². The third kappa shape index (κ3) is 3.36. The van der Waals surface area contributed by atoms with Gasteiger partial charge in [-0.05, 0) is 24.3 Å². The Hall–Kier alpha value is -3.61. The van der Waals surface area contributed by atoms with E-state index in [9.17, 15) is 9.18 Å². The van der Waals surface area contributed by atoms with Gasteiger partial charge in [-0.2, -0.15) is 0 Å². The maximum absolute atomic E-state index is 15.4. The quantitative estimate of drug-likeness (QED) is 0.307. The predicted octanol–water partition coefficient (Wildman–Crippen LogP) is 4.87. The largest absolute Gasteiger partial charge is 0.396 e. The smallest absolute Gasteiger partial charge is 0.191 e. The summed E-state index contributed by atoms with van der Waals surface area (Å²) in [5.74, 6) is -1.71. The highest BCUT2D eigenvalue weighted by atomic mass is 19.1. The lowest BCUT2D eigenvalue weighted by atomic mass is 10.1. The van der Waals surface area contributed by atoms with Crippen molar-refractivity contribution in [3.63, 3.8) is 0 Å². The number of nitrogens with two attached hydrogens (primary N) is 1. The first-order valence-corrected chi connectivity index (χ1v) is 10.3. The van der Waals surface area contributed by atoms with E-state index in [1.807, 2.05) is 42.5 Å². The van der Waals surface area contributed by atoms with Gasteiger partial charge >= 0.3 is 0 Å². The summed E-state index contributed by atoms with van der Waals surface area (Å²) in [6.45, 7) is 0.706. The van der Waals surface area contributed by atoms with Crippen molar-refractivity contribution in [3.05, 3.63) is 76.6 Å². The van der Waals surface area contributed by atoms with Crippen LogP contribution in [-0.4, -0.2) is 17.7 Å². The molecule has 5 nitrogen and oxygen atoms in total. The average molecular weight is 420 g/mol. The van der Waals surface area contributed by atoms with Crippen molar-refractivity contribution < 1.29 is 8.78 Å². The first-order valence-electron chi connectivity index (χ1n) is 10.3. The van der Waals surface area contributed by atoms with Gasteiger partial charge in [0.15, 0.2) is 17.1 Å². The van der Waals surface area contributed by atoms with Crippen LogP contribution in [0.15, 0.2) is 59.5 Å². The molecule has 1 aliphatic carbocycles. The Balaban J connectivity index is 1.42. The van der Waals surface area contributed by atoms with Crippen molar-refractivity contribution in [1.82, 2.24) is 4.57 Å². The molecule has 0 atom stereocenters.